The number of ketones is 1. The summed E-state index contributed by atoms with van der Waals surface area (Å²) in [7, 11) is 1.61. The molecule has 2 aliphatic heterocycles. The number of methoxy groups -OCH3 is 1. The Morgan fingerprint density at radius 3 is 2.13 bits per heavy atom. The average Bonchev–Trinajstić information content (AvgIpc) is 3.50. The van der Waals surface area contributed by atoms with E-state index in [1.165, 1.54) is 0 Å². The van der Waals surface area contributed by atoms with E-state index in [1.54, 1.807) is 24.1 Å². The lowest BCUT2D eigenvalue weighted by Gasteiger charge is -2.39. The number of benzene rings is 4. The zero-order chi connectivity index (χ0) is 33.6. The van der Waals surface area contributed by atoms with Crippen molar-refractivity contribution in [3.05, 3.63) is 123 Å². The van der Waals surface area contributed by atoms with Gasteiger partial charge in [0.05, 0.1) is 13.0 Å². The van der Waals surface area contributed by atoms with Crippen molar-refractivity contribution in [1.29, 1.82) is 0 Å². The second-order valence-electron chi connectivity index (χ2n) is 13.1. The summed E-state index contributed by atoms with van der Waals surface area (Å²) in [5, 5.41) is 6.34. The molecule has 2 aliphatic rings. The van der Waals surface area contributed by atoms with Crippen molar-refractivity contribution in [2.24, 2.45) is 5.92 Å². The maximum Gasteiger partial charge on any atom is 0.323 e. The fraction of sp³-hybridized carbons (Fsp3) is 0.308. The Hall–Kier alpha value is -4.43. The van der Waals surface area contributed by atoms with Crippen LogP contribution < -0.4 is 15.4 Å². The number of carbonyl (C=O) groups excluding carboxylic acids is 3. The zero-order valence-electron chi connectivity index (χ0n) is 27.5. The van der Waals surface area contributed by atoms with Gasteiger partial charge in [0.25, 0.3) is 5.91 Å². The first-order valence-electron chi connectivity index (χ1n) is 16.1. The van der Waals surface area contributed by atoms with E-state index in [4.69, 9.17) is 4.74 Å². The van der Waals surface area contributed by atoms with Gasteiger partial charge in [0.1, 0.15) is 5.75 Å². The van der Waals surface area contributed by atoms with Crippen molar-refractivity contribution in [2.45, 2.75) is 64.0 Å². The number of para-hydroxylation sites is 1. The molecule has 3 amide bonds. The fourth-order valence-corrected chi connectivity index (χ4v) is 8.00. The van der Waals surface area contributed by atoms with E-state index in [-0.39, 0.29) is 17.6 Å². The third-order valence-electron chi connectivity index (χ3n) is 9.77. The van der Waals surface area contributed by atoms with E-state index in [1.807, 2.05) is 85.8 Å². The molecule has 1 fully saturated rings. The largest absolute Gasteiger partial charge is 0.497 e. The fourth-order valence-electron chi connectivity index (χ4n) is 7.64. The molecular weight excluding hydrogens is 654 g/mol. The average molecular weight is 695 g/mol. The minimum Gasteiger partial charge on any atom is -0.497 e. The van der Waals surface area contributed by atoms with Gasteiger partial charge in [-0.3, -0.25) is 9.59 Å². The van der Waals surface area contributed by atoms with Crippen LogP contribution in [0, 0.1) is 5.92 Å². The molecule has 6 rings (SSSR count). The highest BCUT2D eigenvalue weighted by Gasteiger charge is 2.69. The summed E-state index contributed by atoms with van der Waals surface area (Å²) in [6, 6.07) is 27.2. The SMILES string of the molecule is COc1ccc(C2C(C)N(C(=O)Nc3c(C(C)C)cccc3C(C)C)C3(C(=O)Nc4ccc(Br)cc43)C2C(=O)c2ccccc2)cc1. The van der Waals surface area contributed by atoms with E-state index in [2.05, 4.69) is 54.3 Å². The smallest absolute Gasteiger partial charge is 0.323 e. The van der Waals surface area contributed by atoms with Gasteiger partial charge in [-0.2, -0.15) is 0 Å². The Bertz CT molecular complexity index is 1810. The number of ether oxygens (including phenoxy) is 1. The van der Waals surface area contributed by atoms with Crippen LogP contribution in [0.25, 0.3) is 0 Å². The van der Waals surface area contributed by atoms with Gasteiger partial charge in [0.2, 0.25) is 0 Å². The number of Topliss-reactive ketones (excluding diaryl/α,β-unsaturated/α-hetero) is 1. The first-order valence-corrected chi connectivity index (χ1v) is 16.9. The van der Waals surface area contributed by atoms with Gasteiger partial charge in [0.15, 0.2) is 11.3 Å². The molecule has 7 nitrogen and oxygen atoms in total. The van der Waals surface area contributed by atoms with Crippen LogP contribution in [0.2, 0.25) is 0 Å². The summed E-state index contributed by atoms with van der Waals surface area (Å²) in [6.07, 6.45) is 0. The predicted molar refractivity (Wildman–Crippen MR) is 189 cm³/mol. The van der Waals surface area contributed by atoms with E-state index in [9.17, 15) is 9.59 Å². The van der Waals surface area contributed by atoms with Crippen molar-refractivity contribution in [3.63, 3.8) is 0 Å². The van der Waals surface area contributed by atoms with Crippen molar-refractivity contribution >= 4 is 45.0 Å². The lowest BCUT2D eigenvalue weighted by molar-refractivity contribution is -0.126. The van der Waals surface area contributed by atoms with Crippen molar-refractivity contribution in [3.8, 4) is 5.75 Å². The summed E-state index contributed by atoms with van der Waals surface area (Å²) in [5.74, 6) is -1.13. The molecule has 1 saturated heterocycles. The van der Waals surface area contributed by atoms with Crippen molar-refractivity contribution < 1.29 is 19.1 Å². The first kappa shape index (κ1) is 32.5. The highest BCUT2D eigenvalue weighted by Crippen LogP contribution is 2.59. The number of nitrogens with one attached hydrogen (secondary N) is 2. The van der Waals surface area contributed by atoms with Gasteiger partial charge in [-0.25, -0.2) is 4.79 Å². The molecule has 47 heavy (non-hydrogen) atoms. The number of likely N-dealkylation sites (tertiary alicyclic amines) is 1. The van der Waals surface area contributed by atoms with Gasteiger partial charge >= 0.3 is 6.03 Å². The van der Waals surface area contributed by atoms with Crippen molar-refractivity contribution in [2.75, 3.05) is 17.7 Å². The Kier molecular flexibility index (Phi) is 8.74. The van der Waals surface area contributed by atoms with E-state index >= 15 is 4.79 Å². The molecular formula is C39H40BrN3O4. The van der Waals surface area contributed by atoms with Crippen LogP contribution in [-0.4, -0.2) is 35.8 Å². The molecule has 2 heterocycles. The lowest BCUT2D eigenvalue weighted by Crippen LogP contribution is -2.57. The minimum absolute atomic E-state index is 0.139. The number of halogens is 1. The van der Waals surface area contributed by atoms with E-state index in [0.717, 1.165) is 26.9 Å². The van der Waals surface area contributed by atoms with Gasteiger partial charge < -0.3 is 20.3 Å². The van der Waals surface area contributed by atoms with E-state index in [0.29, 0.717) is 22.6 Å². The van der Waals surface area contributed by atoms with Crippen molar-refractivity contribution in [1.82, 2.24) is 4.90 Å². The molecule has 4 aromatic carbocycles. The van der Waals surface area contributed by atoms with Crippen LogP contribution in [0.3, 0.4) is 0 Å². The monoisotopic (exact) mass is 693 g/mol. The summed E-state index contributed by atoms with van der Waals surface area (Å²) < 4.78 is 6.19. The molecule has 0 bridgehead atoms. The molecule has 0 aromatic heterocycles. The standard InChI is InChI=1S/C39H40BrN3O4/c1-22(2)29-13-10-14-30(23(3)4)35(29)42-38(46)43-24(5)33(25-15-18-28(47-6)19-16-25)34(36(44)26-11-8-7-9-12-26)39(43)31-21-27(40)17-20-32(31)41-37(39)45/h7-24,33-34H,1-6H3,(H,41,45)(H,42,46). The van der Waals surface area contributed by atoms with Crippen LogP contribution in [0.1, 0.15) is 85.0 Å². The number of urea groups is 1. The molecule has 2 N–H and O–H groups in total. The highest BCUT2D eigenvalue weighted by atomic mass is 79.9. The maximum atomic E-state index is 15.1. The predicted octanol–water partition coefficient (Wildman–Crippen LogP) is 9.07. The second kappa shape index (κ2) is 12.6. The topological polar surface area (TPSA) is 87.7 Å². The molecule has 0 radical (unpaired) electrons. The van der Waals surface area contributed by atoms with Crippen LogP contribution in [0.4, 0.5) is 16.2 Å². The third-order valence-corrected chi connectivity index (χ3v) is 10.3. The number of amides is 3. The van der Waals surface area contributed by atoms with E-state index < -0.39 is 35.4 Å². The quantitative estimate of drug-likeness (QED) is 0.189. The second-order valence-corrected chi connectivity index (χ2v) is 14.0. The minimum atomic E-state index is -1.65. The molecule has 0 saturated carbocycles. The number of carbonyl (C=O) groups is 3. The zero-order valence-corrected chi connectivity index (χ0v) is 29.1. The molecule has 8 heteroatoms. The number of hydrogen-bond acceptors (Lipinski definition) is 4. The normalized spacial score (nSPS) is 21.7. The molecule has 1 spiro atoms. The van der Waals surface area contributed by atoms with Gasteiger partial charge in [-0.1, -0.05) is 104 Å². The van der Waals surface area contributed by atoms with Gasteiger partial charge in [-0.05, 0) is 65.8 Å². The Balaban J connectivity index is 1.62. The lowest BCUT2D eigenvalue weighted by atomic mass is 9.69. The first-order chi connectivity index (χ1) is 22.5. The number of rotatable bonds is 7. The summed E-state index contributed by atoms with van der Waals surface area (Å²) >= 11 is 3.61. The Morgan fingerprint density at radius 1 is 0.894 bits per heavy atom. The van der Waals surface area contributed by atoms with Crippen LogP contribution in [-0.2, 0) is 10.3 Å². The Morgan fingerprint density at radius 2 is 1.53 bits per heavy atom. The van der Waals surface area contributed by atoms with Crippen LogP contribution in [0.5, 0.6) is 5.75 Å². The number of hydrogen-bond donors (Lipinski definition) is 2. The molecule has 0 aliphatic carbocycles. The summed E-state index contributed by atoms with van der Waals surface area (Å²) in [4.78, 5) is 46.4. The third kappa shape index (κ3) is 5.32. The molecule has 242 valence electrons. The molecule has 4 atom stereocenters. The summed E-state index contributed by atoms with van der Waals surface area (Å²) in [5.41, 5.74) is 3.60. The molecule has 4 aromatic rings. The van der Waals surface area contributed by atoms with Gasteiger partial charge in [-0.15, -0.1) is 0 Å². The van der Waals surface area contributed by atoms with Crippen LogP contribution >= 0.6 is 15.9 Å². The van der Waals surface area contributed by atoms with Gasteiger partial charge in [0, 0.05) is 38.9 Å². The molecule has 4 unspecified atom stereocenters. The highest BCUT2D eigenvalue weighted by molar-refractivity contribution is 9.10. The van der Waals surface area contributed by atoms with Crippen LogP contribution in [0.15, 0.2) is 95.5 Å². The summed E-state index contributed by atoms with van der Waals surface area (Å²) in [6.45, 7) is 10.3. The number of fused-ring (bicyclic) bond motifs is 2. The Labute approximate surface area is 284 Å². The maximum absolute atomic E-state index is 15.1. The number of nitrogens with zero attached hydrogens (tertiary/aromatic N) is 1. The number of anilines is 2.